The molecule has 2 saturated carbocycles. The molecule has 0 aromatic rings. The maximum Gasteiger partial charge on any atom is 0.119 e. The minimum absolute atomic E-state index is 0.103. The Bertz CT molecular complexity index is 192. The molecule has 0 aromatic carbocycles. The van der Waals surface area contributed by atoms with E-state index in [1.165, 1.54) is 51.5 Å². The van der Waals surface area contributed by atoms with Crippen molar-refractivity contribution in [2.75, 3.05) is 13.2 Å². The summed E-state index contributed by atoms with van der Waals surface area (Å²) < 4.78 is 6.07. The third-order valence-electron chi connectivity index (χ3n) is 4.06. The highest BCUT2D eigenvalue weighted by Gasteiger charge is 2.50. The van der Waals surface area contributed by atoms with Gasteiger partial charge in [-0.15, -0.1) is 0 Å². The monoisotopic (exact) mass is 181 g/mol. The van der Waals surface area contributed by atoms with Crippen molar-refractivity contribution in [3.8, 4) is 0 Å². The Kier molecular flexibility index (Phi) is 1.72. The Balaban J connectivity index is 1.65. The Labute approximate surface area is 80.0 Å². The summed E-state index contributed by atoms with van der Waals surface area (Å²) in [5.74, 6) is 0. The van der Waals surface area contributed by atoms with Crippen molar-refractivity contribution in [1.29, 1.82) is 0 Å². The summed E-state index contributed by atoms with van der Waals surface area (Å²) >= 11 is 0. The average Bonchev–Trinajstić information content (AvgIpc) is 2.94. The van der Waals surface area contributed by atoms with Gasteiger partial charge in [0.05, 0.1) is 6.61 Å². The predicted octanol–water partition coefficient (Wildman–Crippen LogP) is 2.05. The highest BCUT2D eigenvalue weighted by Crippen LogP contribution is 2.49. The fourth-order valence-corrected chi connectivity index (χ4v) is 2.68. The first kappa shape index (κ1) is 8.25. The van der Waals surface area contributed by atoms with Gasteiger partial charge >= 0.3 is 0 Å². The van der Waals surface area contributed by atoms with Crippen LogP contribution in [0.2, 0.25) is 0 Å². The lowest BCUT2D eigenvalue weighted by Gasteiger charge is -2.44. The zero-order chi connectivity index (χ0) is 8.78. The quantitative estimate of drug-likeness (QED) is 0.617. The molecule has 2 spiro atoms. The molecule has 2 heteroatoms. The van der Waals surface area contributed by atoms with Crippen LogP contribution in [0.3, 0.4) is 0 Å². The Morgan fingerprint density at radius 2 is 1.69 bits per heavy atom. The van der Waals surface area contributed by atoms with Crippen molar-refractivity contribution in [2.45, 2.75) is 50.7 Å². The van der Waals surface area contributed by atoms with Crippen LogP contribution in [0, 0.1) is 5.41 Å². The summed E-state index contributed by atoms with van der Waals surface area (Å²) in [5.41, 5.74) is 0.675. The minimum Gasteiger partial charge on any atom is -0.360 e. The van der Waals surface area contributed by atoms with Gasteiger partial charge in [-0.25, -0.2) is 0 Å². The third-order valence-corrected chi connectivity index (χ3v) is 4.06. The topological polar surface area (TPSA) is 21.3 Å². The first-order valence-corrected chi connectivity index (χ1v) is 5.72. The predicted molar refractivity (Wildman–Crippen MR) is 51.4 cm³/mol. The molecule has 2 nitrogen and oxygen atoms in total. The molecule has 0 bridgehead atoms. The van der Waals surface area contributed by atoms with Crippen molar-refractivity contribution in [1.82, 2.24) is 5.32 Å². The van der Waals surface area contributed by atoms with Crippen LogP contribution >= 0.6 is 0 Å². The zero-order valence-electron chi connectivity index (χ0n) is 8.27. The van der Waals surface area contributed by atoms with Gasteiger partial charge in [0.25, 0.3) is 0 Å². The second-order valence-corrected chi connectivity index (χ2v) is 5.20. The van der Waals surface area contributed by atoms with Crippen LogP contribution in [0.5, 0.6) is 0 Å². The molecule has 3 rings (SSSR count). The molecule has 0 unspecified atom stereocenters. The van der Waals surface area contributed by atoms with Gasteiger partial charge in [-0.05, 0) is 38.5 Å². The molecule has 0 aromatic heterocycles. The number of rotatable bonds is 0. The molecular formula is C11H19NO. The number of hydrogen-bond acceptors (Lipinski definition) is 2. The van der Waals surface area contributed by atoms with E-state index in [1.807, 2.05) is 0 Å². The van der Waals surface area contributed by atoms with Crippen LogP contribution in [0.1, 0.15) is 44.9 Å². The van der Waals surface area contributed by atoms with E-state index in [-0.39, 0.29) is 5.72 Å². The van der Waals surface area contributed by atoms with Gasteiger partial charge in [-0.3, -0.25) is 5.32 Å². The second kappa shape index (κ2) is 2.71. The van der Waals surface area contributed by atoms with Crippen molar-refractivity contribution >= 4 is 0 Å². The van der Waals surface area contributed by atoms with Gasteiger partial charge < -0.3 is 4.74 Å². The van der Waals surface area contributed by atoms with Crippen molar-refractivity contribution in [2.24, 2.45) is 5.41 Å². The van der Waals surface area contributed by atoms with Crippen LogP contribution in [0.25, 0.3) is 0 Å². The largest absolute Gasteiger partial charge is 0.360 e. The molecule has 3 fully saturated rings. The smallest absolute Gasteiger partial charge is 0.119 e. The van der Waals surface area contributed by atoms with Gasteiger partial charge in [-0.2, -0.15) is 0 Å². The van der Waals surface area contributed by atoms with E-state index in [0.29, 0.717) is 5.41 Å². The number of nitrogens with one attached hydrogen (secondary N) is 1. The summed E-state index contributed by atoms with van der Waals surface area (Å²) in [5, 5.41) is 3.66. The highest BCUT2D eigenvalue weighted by atomic mass is 16.5. The normalized spacial score (nSPS) is 35.1. The van der Waals surface area contributed by atoms with E-state index >= 15 is 0 Å². The molecule has 0 atom stereocenters. The van der Waals surface area contributed by atoms with E-state index in [1.54, 1.807) is 0 Å². The van der Waals surface area contributed by atoms with Crippen LogP contribution in [0.4, 0.5) is 0 Å². The fraction of sp³-hybridized carbons (Fsp3) is 1.00. The maximum atomic E-state index is 6.07. The third kappa shape index (κ3) is 1.40. The first-order chi connectivity index (χ1) is 6.33. The van der Waals surface area contributed by atoms with Gasteiger partial charge in [0, 0.05) is 12.0 Å². The van der Waals surface area contributed by atoms with Crippen LogP contribution < -0.4 is 5.32 Å². The summed E-state index contributed by atoms with van der Waals surface area (Å²) in [4.78, 5) is 0. The molecule has 1 N–H and O–H groups in total. The maximum absolute atomic E-state index is 6.07. The Morgan fingerprint density at radius 3 is 2.23 bits per heavy atom. The molecule has 3 aliphatic rings. The van der Waals surface area contributed by atoms with E-state index in [2.05, 4.69) is 5.32 Å². The Morgan fingerprint density at radius 1 is 0.923 bits per heavy atom. The molecule has 0 radical (unpaired) electrons. The molecule has 1 aliphatic heterocycles. The summed E-state index contributed by atoms with van der Waals surface area (Å²) in [7, 11) is 0. The molecular weight excluding hydrogens is 162 g/mol. The van der Waals surface area contributed by atoms with E-state index in [0.717, 1.165) is 6.61 Å². The van der Waals surface area contributed by atoms with Crippen molar-refractivity contribution in [3.63, 3.8) is 0 Å². The van der Waals surface area contributed by atoms with Crippen LogP contribution in [0.15, 0.2) is 0 Å². The number of hydrogen-bond donors (Lipinski definition) is 1. The summed E-state index contributed by atoms with van der Waals surface area (Å²) in [6, 6.07) is 0. The standard InChI is InChI=1S/C11H19NO/c1-2-4-11(5-3-1)12-8-10(6-7-10)9-13-11/h12H,1-9H2. The lowest BCUT2D eigenvalue weighted by atomic mass is 9.89. The summed E-state index contributed by atoms with van der Waals surface area (Å²) in [6.07, 6.45) is 9.34. The molecule has 0 amide bonds. The van der Waals surface area contributed by atoms with Crippen molar-refractivity contribution in [3.05, 3.63) is 0 Å². The van der Waals surface area contributed by atoms with Gasteiger partial charge in [0.2, 0.25) is 0 Å². The van der Waals surface area contributed by atoms with E-state index in [4.69, 9.17) is 4.74 Å². The van der Waals surface area contributed by atoms with Crippen LogP contribution in [-0.2, 0) is 4.74 Å². The molecule has 2 aliphatic carbocycles. The lowest BCUT2D eigenvalue weighted by Crippen LogP contribution is -2.56. The Hall–Kier alpha value is -0.0800. The van der Waals surface area contributed by atoms with E-state index < -0.39 is 0 Å². The number of ether oxygens (including phenoxy) is 1. The molecule has 1 saturated heterocycles. The minimum atomic E-state index is 0.103. The zero-order valence-corrected chi connectivity index (χ0v) is 8.27. The van der Waals surface area contributed by atoms with Crippen LogP contribution in [-0.4, -0.2) is 18.9 Å². The van der Waals surface area contributed by atoms with Gasteiger partial charge in [0.15, 0.2) is 0 Å². The first-order valence-electron chi connectivity index (χ1n) is 5.72. The van der Waals surface area contributed by atoms with Crippen molar-refractivity contribution < 1.29 is 4.74 Å². The SMILES string of the molecule is C1CCC2(CC1)NCC1(CC1)CO2. The fourth-order valence-electron chi connectivity index (χ4n) is 2.68. The highest BCUT2D eigenvalue weighted by molar-refractivity contribution is 5.00. The second-order valence-electron chi connectivity index (χ2n) is 5.20. The van der Waals surface area contributed by atoms with Gasteiger partial charge in [0.1, 0.15) is 5.72 Å². The molecule has 13 heavy (non-hydrogen) atoms. The molecule has 74 valence electrons. The van der Waals surface area contributed by atoms with Gasteiger partial charge in [-0.1, -0.05) is 6.42 Å². The lowest BCUT2D eigenvalue weighted by molar-refractivity contribution is -0.140. The van der Waals surface area contributed by atoms with E-state index in [9.17, 15) is 0 Å². The summed E-state index contributed by atoms with van der Waals surface area (Å²) in [6.45, 7) is 2.24. The molecule has 1 heterocycles. The average molecular weight is 181 g/mol.